The molecule has 0 aromatic heterocycles. The van der Waals surface area contributed by atoms with Gasteiger partial charge in [-0.3, -0.25) is 4.18 Å². The van der Waals surface area contributed by atoms with Crippen LogP contribution in [0.15, 0.2) is 35.2 Å². The normalized spacial score (nSPS) is 11.8. The monoisotopic (exact) mass is 466 g/mol. The van der Waals surface area contributed by atoms with Crippen LogP contribution in [0.5, 0.6) is 0 Å². The molecule has 0 amide bonds. The van der Waals surface area contributed by atoms with Crippen molar-refractivity contribution in [3.8, 4) is 0 Å². The minimum Gasteiger partial charge on any atom is -0.266 e. The summed E-state index contributed by atoms with van der Waals surface area (Å²) in [4.78, 5) is 0.244. The van der Waals surface area contributed by atoms with E-state index in [0.717, 1.165) is 12.8 Å². The van der Waals surface area contributed by atoms with E-state index >= 15 is 0 Å². The fraction of sp³-hybridized carbons (Fsp3) is 0.786. The summed E-state index contributed by atoms with van der Waals surface area (Å²) in [5.74, 6) is 0. The van der Waals surface area contributed by atoms with Gasteiger partial charge in [-0.15, -0.1) is 0 Å². The van der Waals surface area contributed by atoms with E-state index < -0.39 is 10.1 Å². The standard InChI is InChI=1S/C28H50O3S/c1-2-3-4-5-6-7-8-9-10-11-12-13-14-15-16-17-18-19-20-24-27-31-32(29,30)28-25-22-21-23-26-28/h21-23,25-26H,2-20,24,27H2,1H3. The lowest BCUT2D eigenvalue weighted by Crippen LogP contribution is -2.07. The smallest absolute Gasteiger partial charge is 0.266 e. The third kappa shape index (κ3) is 16.7. The molecule has 0 spiro atoms. The van der Waals surface area contributed by atoms with Crippen molar-refractivity contribution in [2.45, 2.75) is 140 Å². The third-order valence-corrected chi connectivity index (χ3v) is 7.59. The maximum atomic E-state index is 12.0. The molecular formula is C28H50O3S. The van der Waals surface area contributed by atoms with Crippen LogP contribution < -0.4 is 0 Å². The number of benzene rings is 1. The Hall–Kier alpha value is -0.870. The average Bonchev–Trinajstić information content (AvgIpc) is 2.80. The molecule has 0 radical (unpaired) electrons. The van der Waals surface area contributed by atoms with Gasteiger partial charge in [-0.1, -0.05) is 147 Å². The minimum atomic E-state index is -3.59. The highest BCUT2D eigenvalue weighted by Gasteiger charge is 2.13. The fourth-order valence-electron chi connectivity index (χ4n) is 4.18. The summed E-state index contributed by atoms with van der Waals surface area (Å²) in [6.45, 7) is 2.57. The van der Waals surface area contributed by atoms with Crippen molar-refractivity contribution in [1.82, 2.24) is 0 Å². The van der Waals surface area contributed by atoms with E-state index in [1.807, 2.05) is 0 Å². The second-order valence-corrected chi connectivity index (χ2v) is 10.9. The topological polar surface area (TPSA) is 43.4 Å². The quantitative estimate of drug-likeness (QED) is 0.119. The molecule has 0 bridgehead atoms. The zero-order valence-electron chi connectivity index (χ0n) is 20.9. The summed E-state index contributed by atoms with van der Waals surface area (Å²) in [5.41, 5.74) is 0. The highest BCUT2D eigenvalue weighted by atomic mass is 32.2. The van der Waals surface area contributed by atoms with Crippen molar-refractivity contribution in [3.63, 3.8) is 0 Å². The Morgan fingerprint density at radius 3 is 1.25 bits per heavy atom. The molecule has 186 valence electrons. The van der Waals surface area contributed by atoms with Gasteiger partial charge in [0.25, 0.3) is 10.1 Å². The van der Waals surface area contributed by atoms with E-state index in [4.69, 9.17) is 4.18 Å². The summed E-state index contributed by atoms with van der Waals surface area (Å²) in [5, 5.41) is 0. The van der Waals surface area contributed by atoms with E-state index in [1.54, 1.807) is 30.3 Å². The van der Waals surface area contributed by atoms with Gasteiger partial charge in [0.1, 0.15) is 0 Å². The highest BCUT2D eigenvalue weighted by molar-refractivity contribution is 7.86. The van der Waals surface area contributed by atoms with E-state index in [2.05, 4.69) is 6.92 Å². The molecule has 0 heterocycles. The lowest BCUT2D eigenvalue weighted by molar-refractivity contribution is 0.306. The second kappa shape index (κ2) is 20.7. The van der Waals surface area contributed by atoms with Crippen LogP contribution in [0.1, 0.15) is 135 Å². The van der Waals surface area contributed by atoms with E-state index in [1.165, 1.54) is 116 Å². The first-order chi connectivity index (χ1) is 15.7. The zero-order chi connectivity index (χ0) is 23.2. The molecule has 3 nitrogen and oxygen atoms in total. The van der Waals surface area contributed by atoms with Crippen molar-refractivity contribution < 1.29 is 12.6 Å². The molecular weight excluding hydrogens is 416 g/mol. The summed E-state index contributed by atoms with van der Waals surface area (Å²) in [6, 6.07) is 8.39. The Bertz CT molecular complexity index is 613. The third-order valence-electron chi connectivity index (χ3n) is 6.27. The number of rotatable bonds is 23. The van der Waals surface area contributed by atoms with Crippen LogP contribution in [0.2, 0.25) is 0 Å². The maximum Gasteiger partial charge on any atom is 0.296 e. The molecule has 0 N–H and O–H groups in total. The number of hydrogen-bond donors (Lipinski definition) is 0. The van der Waals surface area contributed by atoms with Gasteiger partial charge in [0.15, 0.2) is 0 Å². The molecule has 32 heavy (non-hydrogen) atoms. The van der Waals surface area contributed by atoms with Crippen molar-refractivity contribution in [3.05, 3.63) is 30.3 Å². The van der Waals surface area contributed by atoms with Crippen molar-refractivity contribution in [2.75, 3.05) is 6.61 Å². The van der Waals surface area contributed by atoms with Gasteiger partial charge in [-0.05, 0) is 18.6 Å². The van der Waals surface area contributed by atoms with Crippen molar-refractivity contribution in [2.24, 2.45) is 0 Å². The molecule has 0 atom stereocenters. The Labute approximate surface area is 199 Å². The van der Waals surface area contributed by atoms with Crippen LogP contribution >= 0.6 is 0 Å². The van der Waals surface area contributed by atoms with Gasteiger partial charge in [0, 0.05) is 0 Å². The number of hydrogen-bond acceptors (Lipinski definition) is 3. The SMILES string of the molecule is CCCCCCCCCCCCCCCCCCCCCCOS(=O)(=O)c1ccccc1. The Kier molecular flexibility index (Phi) is 18.9. The predicted molar refractivity (Wildman–Crippen MR) is 138 cm³/mol. The molecule has 4 heteroatoms. The average molecular weight is 467 g/mol. The summed E-state index contributed by atoms with van der Waals surface area (Å²) in [7, 11) is -3.59. The number of unbranched alkanes of at least 4 members (excludes halogenated alkanes) is 19. The summed E-state index contributed by atoms with van der Waals surface area (Å²) >= 11 is 0. The molecule has 0 saturated carbocycles. The van der Waals surface area contributed by atoms with Gasteiger partial charge in [0.05, 0.1) is 11.5 Å². The first kappa shape index (κ1) is 29.2. The summed E-state index contributed by atoms with van der Waals surface area (Å²) < 4.78 is 29.1. The van der Waals surface area contributed by atoms with Crippen molar-refractivity contribution >= 4 is 10.1 Å². The molecule has 0 fully saturated rings. The Balaban J connectivity index is 1.76. The van der Waals surface area contributed by atoms with Gasteiger partial charge in [-0.2, -0.15) is 8.42 Å². The lowest BCUT2D eigenvalue weighted by atomic mass is 10.0. The maximum absolute atomic E-state index is 12.0. The fourth-order valence-corrected chi connectivity index (χ4v) is 5.14. The molecule has 0 aliphatic heterocycles. The largest absolute Gasteiger partial charge is 0.296 e. The van der Waals surface area contributed by atoms with Crippen LogP contribution in [0.25, 0.3) is 0 Å². The van der Waals surface area contributed by atoms with Gasteiger partial charge < -0.3 is 0 Å². The molecule has 0 saturated heterocycles. The van der Waals surface area contributed by atoms with Crippen LogP contribution in [-0.2, 0) is 14.3 Å². The lowest BCUT2D eigenvalue weighted by Gasteiger charge is -2.06. The van der Waals surface area contributed by atoms with E-state index in [9.17, 15) is 8.42 Å². The minimum absolute atomic E-state index is 0.244. The predicted octanol–water partition coefficient (Wildman–Crippen LogP) is 9.21. The molecule has 0 aliphatic carbocycles. The summed E-state index contributed by atoms with van der Waals surface area (Å²) in [6.07, 6.45) is 26.8. The van der Waals surface area contributed by atoms with Crippen LogP contribution in [0.3, 0.4) is 0 Å². The van der Waals surface area contributed by atoms with Crippen LogP contribution in [-0.4, -0.2) is 15.0 Å². The molecule has 1 aromatic carbocycles. The molecule has 0 unspecified atom stereocenters. The van der Waals surface area contributed by atoms with Gasteiger partial charge in [-0.25, -0.2) is 0 Å². The van der Waals surface area contributed by atoms with Crippen LogP contribution in [0, 0.1) is 0 Å². The van der Waals surface area contributed by atoms with E-state index in [0.29, 0.717) is 0 Å². The van der Waals surface area contributed by atoms with Gasteiger partial charge >= 0.3 is 0 Å². The first-order valence-corrected chi connectivity index (χ1v) is 15.0. The molecule has 1 rings (SSSR count). The Morgan fingerprint density at radius 1 is 0.531 bits per heavy atom. The molecule has 1 aromatic rings. The zero-order valence-corrected chi connectivity index (χ0v) is 21.7. The highest BCUT2D eigenvalue weighted by Crippen LogP contribution is 2.15. The molecule has 0 aliphatic rings. The van der Waals surface area contributed by atoms with E-state index in [-0.39, 0.29) is 11.5 Å². The van der Waals surface area contributed by atoms with Gasteiger partial charge in [0.2, 0.25) is 0 Å². The Morgan fingerprint density at radius 2 is 0.875 bits per heavy atom. The first-order valence-electron chi connectivity index (χ1n) is 13.6. The van der Waals surface area contributed by atoms with Crippen LogP contribution in [0.4, 0.5) is 0 Å². The van der Waals surface area contributed by atoms with Crippen molar-refractivity contribution in [1.29, 1.82) is 0 Å². The second-order valence-electron chi connectivity index (χ2n) is 9.31.